The monoisotopic (exact) mass is 383 g/mol. The van der Waals surface area contributed by atoms with Crippen LogP contribution in [0, 0.1) is 13.8 Å². The number of ether oxygens (including phenoxy) is 1. The lowest BCUT2D eigenvalue weighted by Gasteiger charge is -2.23. The van der Waals surface area contributed by atoms with Gasteiger partial charge in [-0.3, -0.25) is 0 Å². The molecular formula is C19H21N5O4. The summed E-state index contributed by atoms with van der Waals surface area (Å²) in [6.07, 6.45) is 1.73. The SMILES string of the molecule is COc1ccc(-c2nnc(C)o2)cc1NC(=O)N1CCC[C@H]1c1cc(C)no1. The molecule has 0 saturated carbocycles. The van der Waals surface area contributed by atoms with Crippen LogP contribution in [0.5, 0.6) is 5.75 Å². The lowest BCUT2D eigenvalue weighted by Crippen LogP contribution is -2.34. The van der Waals surface area contributed by atoms with E-state index in [4.69, 9.17) is 13.7 Å². The van der Waals surface area contributed by atoms with E-state index < -0.39 is 0 Å². The summed E-state index contributed by atoms with van der Waals surface area (Å²) in [5, 5.41) is 14.7. The van der Waals surface area contributed by atoms with Gasteiger partial charge in [0.25, 0.3) is 0 Å². The van der Waals surface area contributed by atoms with Crippen LogP contribution in [-0.4, -0.2) is 39.9 Å². The Kier molecular flexibility index (Phi) is 4.72. The van der Waals surface area contributed by atoms with Crippen molar-refractivity contribution in [1.82, 2.24) is 20.3 Å². The highest BCUT2D eigenvalue weighted by molar-refractivity contribution is 5.92. The second-order valence-corrected chi connectivity index (χ2v) is 6.69. The van der Waals surface area contributed by atoms with Crippen LogP contribution >= 0.6 is 0 Å². The van der Waals surface area contributed by atoms with Crippen molar-refractivity contribution in [2.24, 2.45) is 0 Å². The number of hydrogen-bond acceptors (Lipinski definition) is 7. The average Bonchev–Trinajstić information content (AvgIpc) is 3.42. The van der Waals surface area contributed by atoms with Crippen molar-refractivity contribution in [1.29, 1.82) is 0 Å². The van der Waals surface area contributed by atoms with Crippen molar-refractivity contribution in [2.45, 2.75) is 32.7 Å². The number of likely N-dealkylation sites (tertiary alicyclic amines) is 1. The van der Waals surface area contributed by atoms with Gasteiger partial charge in [-0.1, -0.05) is 5.16 Å². The van der Waals surface area contributed by atoms with E-state index in [1.54, 1.807) is 37.1 Å². The molecule has 9 nitrogen and oxygen atoms in total. The minimum Gasteiger partial charge on any atom is -0.495 e. The third-order valence-corrected chi connectivity index (χ3v) is 4.70. The standard InChI is InChI=1S/C19H21N5O4/c1-11-9-17(28-23-11)15-5-4-8-24(15)19(25)20-14-10-13(6-7-16(14)26-3)18-22-21-12(2)27-18/h6-7,9-10,15H,4-5,8H2,1-3H3,(H,20,25)/t15-/m0/s1. The first-order valence-corrected chi connectivity index (χ1v) is 9.04. The van der Waals surface area contributed by atoms with Gasteiger partial charge in [0.05, 0.1) is 24.5 Å². The highest BCUT2D eigenvalue weighted by atomic mass is 16.5. The number of carbonyl (C=O) groups excluding carboxylic acids is 1. The number of nitrogens with one attached hydrogen (secondary N) is 1. The third kappa shape index (κ3) is 3.42. The lowest BCUT2D eigenvalue weighted by atomic mass is 10.1. The largest absolute Gasteiger partial charge is 0.495 e. The maximum atomic E-state index is 13.0. The number of nitrogens with zero attached hydrogens (tertiary/aromatic N) is 4. The van der Waals surface area contributed by atoms with Gasteiger partial charge in [0, 0.05) is 25.1 Å². The Hall–Kier alpha value is -3.36. The zero-order chi connectivity index (χ0) is 19.7. The average molecular weight is 383 g/mol. The first-order valence-electron chi connectivity index (χ1n) is 9.04. The number of benzene rings is 1. The number of urea groups is 1. The van der Waals surface area contributed by atoms with Gasteiger partial charge in [-0.2, -0.15) is 0 Å². The normalized spacial score (nSPS) is 16.4. The van der Waals surface area contributed by atoms with Crippen molar-refractivity contribution in [2.75, 3.05) is 19.0 Å². The zero-order valence-electron chi connectivity index (χ0n) is 15.9. The molecule has 146 valence electrons. The van der Waals surface area contributed by atoms with Gasteiger partial charge in [-0.25, -0.2) is 4.79 Å². The van der Waals surface area contributed by atoms with E-state index in [1.807, 2.05) is 13.0 Å². The molecule has 0 aliphatic carbocycles. The summed E-state index contributed by atoms with van der Waals surface area (Å²) in [4.78, 5) is 14.7. The number of anilines is 1. The number of hydrogen-bond donors (Lipinski definition) is 1. The van der Waals surface area contributed by atoms with Gasteiger partial charge in [0.15, 0.2) is 5.76 Å². The molecule has 1 aliphatic rings. The van der Waals surface area contributed by atoms with Gasteiger partial charge in [0.1, 0.15) is 5.75 Å². The van der Waals surface area contributed by atoms with Crippen LogP contribution in [0.2, 0.25) is 0 Å². The van der Waals surface area contributed by atoms with Gasteiger partial charge in [-0.05, 0) is 38.0 Å². The van der Waals surface area contributed by atoms with Crippen LogP contribution in [-0.2, 0) is 0 Å². The Labute approximate surface area is 161 Å². The quantitative estimate of drug-likeness (QED) is 0.732. The summed E-state index contributed by atoms with van der Waals surface area (Å²) in [5.74, 6) is 2.09. The highest BCUT2D eigenvalue weighted by Gasteiger charge is 2.33. The molecule has 0 bridgehead atoms. The van der Waals surface area contributed by atoms with E-state index in [1.165, 1.54) is 0 Å². The van der Waals surface area contributed by atoms with Crippen molar-refractivity contribution >= 4 is 11.7 Å². The van der Waals surface area contributed by atoms with Crippen molar-refractivity contribution < 1.29 is 18.5 Å². The summed E-state index contributed by atoms with van der Waals surface area (Å²) in [7, 11) is 1.55. The summed E-state index contributed by atoms with van der Waals surface area (Å²) in [6, 6.07) is 6.83. The van der Waals surface area contributed by atoms with Crippen LogP contribution < -0.4 is 10.1 Å². The van der Waals surface area contributed by atoms with E-state index in [0.29, 0.717) is 41.1 Å². The molecule has 3 heterocycles. The molecule has 9 heteroatoms. The van der Waals surface area contributed by atoms with Crippen molar-refractivity contribution in [3.8, 4) is 17.2 Å². The van der Waals surface area contributed by atoms with Crippen LogP contribution in [0.15, 0.2) is 33.2 Å². The molecule has 4 rings (SSSR count). The van der Waals surface area contributed by atoms with E-state index >= 15 is 0 Å². The lowest BCUT2D eigenvalue weighted by molar-refractivity contribution is 0.195. The highest BCUT2D eigenvalue weighted by Crippen LogP contribution is 2.35. The topological polar surface area (TPSA) is 107 Å². The van der Waals surface area contributed by atoms with Gasteiger partial charge >= 0.3 is 6.03 Å². The third-order valence-electron chi connectivity index (χ3n) is 4.70. The fourth-order valence-corrected chi connectivity index (χ4v) is 3.38. The molecular weight excluding hydrogens is 362 g/mol. The number of aryl methyl sites for hydroxylation is 2. The molecule has 28 heavy (non-hydrogen) atoms. The van der Waals surface area contributed by atoms with Crippen LogP contribution in [0.1, 0.15) is 36.2 Å². The van der Waals surface area contributed by atoms with Crippen molar-refractivity contribution in [3.63, 3.8) is 0 Å². The Morgan fingerprint density at radius 3 is 2.82 bits per heavy atom. The molecule has 1 N–H and O–H groups in total. The van der Waals surface area contributed by atoms with E-state index in [0.717, 1.165) is 18.5 Å². The van der Waals surface area contributed by atoms with Gasteiger partial charge < -0.3 is 23.9 Å². The molecule has 1 fully saturated rings. The van der Waals surface area contributed by atoms with Crippen LogP contribution in [0.4, 0.5) is 10.5 Å². The molecule has 3 aromatic rings. The molecule has 2 amide bonds. The molecule has 0 radical (unpaired) electrons. The Morgan fingerprint density at radius 2 is 2.14 bits per heavy atom. The van der Waals surface area contributed by atoms with Gasteiger partial charge in [-0.15, -0.1) is 10.2 Å². The van der Waals surface area contributed by atoms with Gasteiger partial charge in [0.2, 0.25) is 11.8 Å². The zero-order valence-corrected chi connectivity index (χ0v) is 15.9. The predicted molar refractivity (Wildman–Crippen MR) is 100.0 cm³/mol. The minimum absolute atomic E-state index is 0.131. The Balaban J connectivity index is 1.58. The molecule has 1 saturated heterocycles. The van der Waals surface area contributed by atoms with E-state index in [9.17, 15) is 4.79 Å². The molecule has 1 aliphatic heterocycles. The second-order valence-electron chi connectivity index (χ2n) is 6.69. The van der Waals surface area contributed by atoms with Crippen molar-refractivity contribution in [3.05, 3.63) is 41.6 Å². The van der Waals surface area contributed by atoms with Crippen LogP contribution in [0.25, 0.3) is 11.5 Å². The van der Waals surface area contributed by atoms with Crippen LogP contribution in [0.3, 0.4) is 0 Å². The predicted octanol–water partition coefficient (Wildman–Crippen LogP) is 3.72. The number of amides is 2. The number of aromatic nitrogens is 3. The minimum atomic E-state index is -0.228. The summed E-state index contributed by atoms with van der Waals surface area (Å²) in [5.41, 5.74) is 2.02. The van der Waals surface area contributed by atoms with E-state index in [2.05, 4.69) is 20.7 Å². The number of rotatable bonds is 4. The fraction of sp³-hybridized carbons (Fsp3) is 0.368. The first kappa shape index (κ1) is 18.0. The summed E-state index contributed by atoms with van der Waals surface area (Å²) >= 11 is 0. The number of carbonyl (C=O) groups is 1. The fourth-order valence-electron chi connectivity index (χ4n) is 3.38. The summed E-state index contributed by atoms with van der Waals surface area (Å²) in [6.45, 7) is 4.23. The summed E-state index contributed by atoms with van der Waals surface area (Å²) < 4.78 is 16.2. The molecule has 0 unspecified atom stereocenters. The molecule has 1 aromatic carbocycles. The Morgan fingerprint density at radius 1 is 1.29 bits per heavy atom. The number of methoxy groups -OCH3 is 1. The molecule has 1 atom stereocenters. The molecule has 2 aromatic heterocycles. The maximum Gasteiger partial charge on any atom is 0.322 e. The second kappa shape index (κ2) is 7.34. The van der Waals surface area contributed by atoms with E-state index in [-0.39, 0.29) is 12.1 Å². The maximum absolute atomic E-state index is 13.0. The molecule has 0 spiro atoms. The smallest absolute Gasteiger partial charge is 0.322 e. The Bertz CT molecular complexity index is 996. The first-order chi connectivity index (χ1) is 13.5.